The highest BCUT2D eigenvalue weighted by molar-refractivity contribution is 5.97. The second kappa shape index (κ2) is 7.40. The van der Waals surface area contributed by atoms with Crippen molar-refractivity contribution >= 4 is 23.1 Å². The minimum Gasteiger partial charge on any atom is -0.326 e. The fourth-order valence-electron chi connectivity index (χ4n) is 4.89. The summed E-state index contributed by atoms with van der Waals surface area (Å²) in [5, 5.41) is 7.74. The predicted octanol–water partition coefficient (Wildman–Crippen LogP) is 3.49. The van der Waals surface area contributed by atoms with Crippen molar-refractivity contribution < 1.29 is 4.79 Å². The van der Waals surface area contributed by atoms with E-state index in [9.17, 15) is 4.79 Å². The molecule has 32 heavy (non-hydrogen) atoms. The first-order valence-electron chi connectivity index (χ1n) is 10.9. The third-order valence-corrected chi connectivity index (χ3v) is 6.71. The molecule has 0 spiro atoms. The van der Waals surface area contributed by atoms with Crippen molar-refractivity contribution in [2.45, 2.75) is 38.3 Å². The van der Waals surface area contributed by atoms with Crippen molar-refractivity contribution in [3.8, 4) is 11.4 Å². The molecule has 4 aromatic rings. The number of nitrogens with one attached hydrogen (secondary N) is 1. The molecule has 4 heterocycles. The van der Waals surface area contributed by atoms with E-state index in [2.05, 4.69) is 30.3 Å². The van der Waals surface area contributed by atoms with Gasteiger partial charge in [0.05, 0.1) is 11.7 Å². The highest BCUT2D eigenvalue weighted by Crippen LogP contribution is 2.45. The molecule has 0 bridgehead atoms. The molecule has 8 heteroatoms. The summed E-state index contributed by atoms with van der Waals surface area (Å²) in [6.07, 6.45) is 10.2. The molecule has 1 amide bonds. The molecule has 1 saturated carbocycles. The third kappa shape index (κ3) is 3.10. The number of hydrogen-bond acceptors (Lipinski definition) is 6. The van der Waals surface area contributed by atoms with Gasteiger partial charge in [-0.05, 0) is 68.0 Å². The van der Waals surface area contributed by atoms with Crippen LogP contribution in [0.25, 0.3) is 16.9 Å². The van der Waals surface area contributed by atoms with Crippen molar-refractivity contribution in [3.05, 3.63) is 66.7 Å². The lowest BCUT2D eigenvalue weighted by Crippen LogP contribution is -2.47. The predicted molar refractivity (Wildman–Crippen MR) is 121 cm³/mol. The average Bonchev–Trinajstić information content (AvgIpc) is 3.37. The van der Waals surface area contributed by atoms with Gasteiger partial charge < -0.3 is 10.2 Å². The number of aryl methyl sites for hydroxylation is 1. The van der Waals surface area contributed by atoms with E-state index in [0.29, 0.717) is 23.7 Å². The quantitative estimate of drug-likeness (QED) is 0.538. The molecule has 160 valence electrons. The van der Waals surface area contributed by atoms with Crippen LogP contribution in [-0.2, 0) is 4.79 Å². The van der Waals surface area contributed by atoms with E-state index in [1.807, 2.05) is 43.5 Å². The van der Waals surface area contributed by atoms with Gasteiger partial charge in [0.25, 0.3) is 0 Å². The lowest BCUT2D eigenvalue weighted by molar-refractivity contribution is -0.117. The summed E-state index contributed by atoms with van der Waals surface area (Å²) in [4.78, 5) is 28.8. The molecular formula is C24H23N7O. The van der Waals surface area contributed by atoms with Gasteiger partial charge in [-0.15, -0.1) is 5.10 Å². The number of nitrogens with zero attached hydrogens (tertiary/aromatic N) is 6. The number of benzene rings is 1. The number of rotatable bonds is 4. The summed E-state index contributed by atoms with van der Waals surface area (Å²) >= 11 is 0. The molecule has 1 aliphatic heterocycles. The van der Waals surface area contributed by atoms with Crippen LogP contribution in [0.2, 0.25) is 0 Å². The van der Waals surface area contributed by atoms with Gasteiger partial charge in [-0.2, -0.15) is 0 Å². The summed E-state index contributed by atoms with van der Waals surface area (Å²) in [5.41, 5.74) is 3.62. The lowest BCUT2D eigenvalue weighted by Gasteiger charge is -2.36. The zero-order valence-electron chi connectivity index (χ0n) is 17.7. The minimum atomic E-state index is -0.271. The topological polar surface area (TPSA) is 88.3 Å². The maximum atomic E-state index is 13.3. The Morgan fingerprint density at radius 3 is 2.78 bits per heavy atom. The molecule has 1 aromatic carbocycles. The fourth-order valence-corrected chi connectivity index (χ4v) is 4.89. The first-order chi connectivity index (χ1) is 15.7. The van der Waals surface area contributed by atoms with Crippen molar-refractivity contribution in [1.82, 2.24) is 24.6 Å². The number of hydrogen-bond donors (Lipinski definition) is 1. The molecule has 1 saturated heterocycles. The number of carbonyl (C=O) groups excluding carboxylic acids is 1. The molecule has 2 fully saturated rings. The van der Waals surface area contributed by atoms with E-state index in [-0.39, 0.29) is 11.9 Å². The Morgan fingerprint density at radius 2 is 1.97 bits per heavy atom. The minimum absolute atomic E-state index is 0.0246. The number of anilines is 2. The first kappa shape index (κ1) is 18.9. The van der Waals surface area contributed by atoms with Crippen LogP contribution >= 0.6 is 0 Å². The number of carbonyl (C=O) groups is 1. The van der Waals surface area contributed by atoms with Crippen molar-refractivity contribution in [3.63, 3.8) is 0 Å². The molecule has 8 nitrogen and oxygen atoms in total. The van der Waals surface area contributed by atoms with Gasteiger partial charge in [0.2, 0.25) is 11.9 Å². The SMILES string of the molecule is Cc1ccc(NC(=O)[C@H]2CC3CCC3N2c2ncccn2)cc1-c1ncc2cccn2n1. The monoisotopic (exact) mass is 425 g/mol. The highest BCUT2D eigenvalue weighted by atomic mass is 16.2. The van der Waals surface area contributed by atoms with Crippen LogP contribution in [0.5, 0.6) is 0 Å². The van der Waals surface area contributed by atoms with Gasteiger partial charge in [-0.25, -0.2) is 19.5 Å². The van der Waals surface area contributed by atoms with Crippen LogP contribution in [0.4, 0.5) is 11.6 Å². The molecular weight excluding hydrogens is 402 g/mol. The molecule has 3 aromatic heterocycles. The Morgan fingerprint density at radius 1 is 1.09 bits per heavy atom. The maximum absolute atomic E-state index is 13.3. The highest BCUT2D eigenvalue weighted by Gasteiger charge is 2.50. The Hall–Kier alpha value is -3.81. The Kier molecular flexibility index (Phi) is 4.38. The van der Waals surface area contributed by atoms with Crippen LogP contribution in [0, 0.1) is 12.8 Å². The second-order valence-corrected chi connectivity index (χ2v) is 8.59. The van der Waals surface area contributed by atoms with E-state index in [1.54, 1.807) is 29.2 Å². The van der Waals surface area contributed by atoms with Crippen molar-refractivity contribution in [2.24, 2.45) is 5.92 Å². The second-order valence-electron chi connectivity index (χ2n) is 8.59. The molecule has 1 aliphatic carbocycles. The molecule has 0 radical (unpaired) electrons. The number of amides is 1. The summed E-state index contributed by atoms with van der Waals surface area (Å²) in [5.74, 6) is 1.77. The van der Waals surface area contributed by atoms with E-state index >= 15 is 0 Å². The van der Waals surface area contributed by atoms with Gasteiger partial charge in [-0.3, -0.25) is 4.79 Å². The summed E-state index contributed by atoms with van der Waals surface area (Å²) in [6.45, 7) is 2.02. The van der Waals surface area contributed by atoms with Crippen LogP contribution in [0.3, 0.4) is 0 Å². The summed E-state index contributed by atoms with van der Waals surface area (Å²) in [6, 6.07) is 11.6. The number of fused-ring (bicyclic) bond motifs is 2. The largest absolute Gasteiger partial charge is 0.326 e. The fraction of sp³-hybridized carbons (Fsp3) is 0.292. The zero-order valence-corrected chi connectivity index (χ0v) is 17.7. The maximum Gasteiger partial charge on any atom is 0.247 e. The molecule has 2 aliphatic rings. The summed E-state index contributed by atoms with van der Waals surface area (Å²) < 4.78 is 1.80. The van der Waals surface area contributed by atoms with Gasteiger partial charge >= 0.3 is 0 Å². The standard InChI is InChI=1S/C24H23N7O/c1-15-5-7-17(13-19(15)22-27-14-18-4-2-11-30(18)29-22)28-23(32)21-12-16-6-8-20(16)31(21)24-25-9-3-10-26-24/h2-5,7,9-11,13-14,16,20-21H,6,8,12H2,1H3,(H,28,32)/t16?,20?,21-/m1/s1. The van der Waals surface area contributed by atoms with Gasteiger partial charge in [0, 0.05) is 35.9 Å². The van der Waals surface area contributed by atoms with Crippen molar-refractivity contribution in [2.75, 3.05) is 10.2 Å². The van der Waals surface area contributed by atoms with E-state index in [1.165, 1.54) is 0 Å². The first-order valence-corrected chi connectivity index (χ1v) is 10.9. The Labute approximate surface area is 185 Å². The van der Waals surface area contributed by atoms with Gasteiger partial charge in [-0.1, -0.05) is 6.07 Å². The lowest BCUT2D eigenvalue weighted by atomic mass is 9.80. The van der Waals surface area contributed by atoms with Crippen LogP contribution in [0.15, 0.2) is 61.2 Å². The van der Waals surface area contributed by atoms with Crippen LogP contribution < -0.4 is 10.2 Å². The van der Waals surface area contributed by atoms with Crippen LogP contribution in [-0.4, -0.2) is 42.6 Å². The van der Waals surface area contributed by atoms with E-state index < -0.39 is 0 Å². The van der Waals surface area contributed by atoms with Gasteiger partial charge in [0.15, 0.2) is 5.82 Å². The smallest absolute Gasteiger partial charge is 0.247 e. The average molecular weight is 425 g/mol. The van der Waals surface area contributed by atoms with E-state index in [0.717, 1.165) is 41.6 Å². The molecule has 6 rings (SSSR count). The molecule has 3 atom stereocenters. The Bertz CT molecular complexity index is 1300. The third-order valence-electron chi connectivity index (χ3n) is 6.71. The zero-order chi connectivity index (χ0) is 21.7. The summed E-state index contributed by atoms with van der Waals surface area (Å²) in [7, 11) is 0. The normalized spacial score (nSPS) is 21.9. The molecule has 1 N–H and O–H groups in total. The van der Waals surface area contributed by atoms with Gasteiger partial charge in [0.1, 0.15) is 6.04 Å². The molecule has 2 unspecified atom stereocenters. The van der Waals surface area contributed by atoms with Crippen molar-refractivity contribution in [1.29, 1.82) is 0 Å². The van der Waals surface area contributed by atoms with E-state index in [4.69, 9.17) is 0 Å². The van der Waals surface area contributed by atoms with Crippen LogP contribution in [0.1, 0.15) is 24.8 Å². The Balaban J connectivity index is 1.28. The number of aromatic nitrogens is 5.